The molecule has 43 nitrogen and oxygen atoms in total. The maximum atomic E-state index is 12.0. The second kappa shape index (κ2) is 61.5. The number of nitrogens with zero attached hydrogens (tertiary/aromatic N) is 6. The number of esters is 4. The molecule has 2 aliphatic heterocycles. The Morgan fingerprint density at radius 3 is 1.25 bits per heavy atom. The summed E-state index contributed by atoms with van der Waals surface area (Å²) in [6.07, 6.45) is 0.102. The molecule has 8 rings (SSSR count). The summed E-state index contributed by atoms with van der Waals surface area (Å²) in [6, 6.07) is 27.9. The number of benzene rings is 4. The monoisotopic (exact) mass is 1870 g/mol. The van der Waals surface area contributed by atoms with Crippen molar-refractivity contribution in [3.63, 3.8) is 0 Å². The quantitative estimate of drug-likeness (QED) is 0.0137. The van der Waals surface area contributed by atoms with Crippen molar-refractivity contribution < 1.29 is 220 Å². The Morgan fingerprint density at radius 1 is 0.434 bits per heavy atom. The molecule has 0 fully saturated rings. The van der Waals surface area contributed by atoms with Gasteiger partial charge in [-0.3, -0.25) is 42.7 Å². The van der Waals surface area contributed by atoms with Gasteiger partial charge in [0, 0.05) is 66.1 Å². The number of rotatable bonds is 59. The molecular formula is C82H105N9Na2O34P2. The first-order valence-corrected chi connectivity index (χ1v) is 42.8. The van der Waals surface area contributed by atoms with Gasteiger partial charge in [-0.05, 0) is 77.9 Å². The van der Waals surface area contributed by atoms with Crippen molar-refractivity contribution in [3.05, 3.63) is 120 Å². The van der Waals surface area contributed by atoms with Crippen LogP contribution >= 0.6 is 15.6 Å². The molecule has 4 unspecified atom stereocenters. The zero-order valence-corrected chi connectivity index (χ0v) is 79.4. The molecule has 4 heterocycles. The van der Waals surface area contributed by atoms with Gasteiger partial charge in [-0.1, -0.05) is 60.7 Å². The third kappa shape index (κ3) is 45.0. The number of phosphoric acid groups is 2. The van der Waals surface area contributed by atoms with Gasteiger partial charge in [0.25, 0.3) is 15.6 Å². The summed E-state index contributed by atoms with van der Waals surface area (Å²) in [7, 11) is -6.57. The van der Waals surface area contributed by atoms with Crippen LogP contribution < -0.4 is 113 Å². The first-order valence-electron chi connectivity index (χ1n) is 39.9. The van der Waals surface area contributed by atoms with Crippen LogP contribution in [-0.4, -0.2) is 290 Å². The molecule has 129 heavy (non-hydrogen) atoms. The second-order valence-electron chi connectivity index (χ2n) is 26.9. The average molecular weight is 1870 g/mol. The largest absolute Gasteiger partial charge is 1.00 e. The molecule has 6 aromatic rings. The van der Waals surface area contributed by atoms with E-state index in [-0.39, 0.29) is 221 Å². The topological polar surface area (TPSA) is 532 Å². The Bertz CT molecular complexity index is 4680. The minimum Gasteiger partial charge on any atom is -0.756 e. The smallest absolute Gasteiger partial charge is 0.756 e. The zero-order valence-electron chi connectivity index (χ0n) is 73.6. The normalized spacial score (nSPS) is 13.1. The number of carbonyl (C=O) groups is 8. The molecule has 0 spiro atoms. The van der Waals surface area contributed by atoms with E-state index < -0.39 is 96.8 Å². The van der Waals surface area contributed by atoms with Gasteiger partial charge in [0.1, 0.15) is 88.9 Å². The number of hydrogen-bond acceptors (Lipinski definition) is 40. The molecule has 4 aromatic carbocycles. The number of nitrogens with one attached hydrogen (secondary N) is 3. The zero-order chi connectivity index (χ0) is 91.6. The van der Waals surface area contributed by atoms with E-state index in [9.17, 15) is 57.3 Å². The van der Waals surface area contributed by atoms with Gasteiger partial charge in [0.15, 0.2) is 18.0 Å². The minimum absolute atomic E-state index is 0. The van der Waals surface area contributed by atoms with E-state index in [4.69, 9.17) is 99.8 Å². The Kier molecular flexibility index (Phi) is 52.6. The number of fused-ring (bicyclic) bond motifs is 2. The van der Waals surface area contributed by atoms with Crippen LogP contribution in [0.1, 0.15) is 62.8 Å². The van der Waals surface area contributed by atoms with E-state index in [0.717, 1.165) is 95.4 Å². The number of alkyl carbamates (subject to hydrolysis) is 1. The van der Waals surface area contributed by atoms with Crippen LogP contribution in [0.25, 0.3) is 22.3 Å². The molecule has 0 bridgehead atoms. The summed E-state index contributed by atoms with van der Waals surface area (Å²) >= 11 is 0. The van der Waals surface area contributed by atoms with Gasteiger partial charge in [-0.2, -0.15) is 9.97 Å². The Morgan fingerprint density at radius 2 is 0.822 bits per heavy atom. The van der Waals surface area contributed by atoms with E-state index >= 15 is 0 Å². The van der Waals surface area contributed by atoms with E-state index in [0.29, 0.717) is 49.3 Å². The molecule has 3 amide bonds. The molecule has 4 atom stereocenters. The molecule has 0 aliphatic carbocycles. The first kappa shape index (κ1) is 110. The van der Waals surface area contributed by atoms with Crippen molar-refractivity contribution in [1.29, 1.82) is 0 Å². The van der Waals surface area contributed by atoms with Crippen molar-refractivity contribution in [3.8, 4) is 57.5 Å². The van der Waals surface area contributed by atoms with Crippen LogP contribution in [-0.2, 0) is 118 Å². The molecule has 47 heteroatoms. The number of ketones is 1. The number of methoxy groups -OCH3 is 2. The second-order valence-corrected chi connectivity index (χ2v) is 29.7. The van der Waals surface area contributed by atoms with Crippen molar-refractivity contribution in [1.82, 2.24) is 35.9 Å². The number of ether oxygens (including phenoxy) is 18. The maximum Gasteiger partial charge on any atom is 1.00 e. The van der Waals surface area contributed by atoms with Crippen LogP contribution in [0.4, 0.5) is 16.2 Å². The Hall–Kier alpha value is -9.12. The standard InChI is InChI=1S/C42H55N4O17P.C40H52N5O17P.2Na/c1-29-7-12-39-37(22-29)45-38(27-60-39)33-10-8-32(9-11-33)36-23-44-42(46-41(36)53-4)58-21-20-55-17-16-54-15-13-43-40(50)28-57-19-18-56-24-34(49)6-5-14-61-64(51,52)62-26-35(63-31(3)48)25-59-30(2)47;1-27-5-10-36-34(21-27)44-35(25-59-36)31-8-6-30(7-9-31)33-22-43-39(45-38(33)52-4)56-19-17-54-16-15-53-13-11-41-37(48)26-55-18-20-57-40(49)42-12-14-60-63(50,51)61-24-32(62-29(3)47)23-58-28(2)46;;/h7-12,22-23,35H,5-6,13-21,24-28H2,1-4H3,(H,43,50)(H,51,52);5-10,21-22,32H,11-20,23-26H2,1-4H3,(H,41,48)(H,42,49)(H,50,51);;/q;;2*+1/p-2. The Labute approximate surface area is 789 Å². The summed E-state index contributed by atoms with van der Waals surface area (Å²) in [5.41, 5.74) is 10.6. The predicted molar refractivity (Wildman–Crippen MR) is 444 cm³/mol. The first-order chi connectivity index (χ1) is 61.1. The minimum atomic E-state index is -4.84. The fourth-order valence-corrected chi connectivity index (χ4v) is 12.3. The fourth-order valence-electron chi connectivity index (χ4n) is 10.8. The molecule has 3 N–H and O–H groups in total. The van der Waals surface area contributed by atoms with Gasteiger partial charge < -0.3 is 129 Å². The fraction of sp³-hybridized carbons (Fsp3) is 0.488. The molecule has 0 saturated carbocycles. The van der Waals surface area contributed by atoms with Crippen LogP contribution in [0, 0.1) is 13.8 Å². The van der Waals surface area contributed by atoms with Crippen LogP contribution in [0.5, 0.6) is 35.3 Å². The summed E-state index contributed by atoms with van der Waals surface area (Å²) in [6.45, 7) is 8.25. The number of carbonyl (C=O) groups excluding carboxylic acids is 8. The number of aromatic nitrogens is 4. The van der Waals surface area contributed by atoms with E-state index in [1.54, 1.807) is 12.4 Å². The number of aryl methyl sites for hydroxylation is 2. The van der Waals surface area contributed by atoms with Crippen LogP contribution in [0.15, 0.2) is 107 Å². The maximum absolute atomic E-state index is 12.0. The summed E-state index contributed by atoms with van der Waals surface area (Å²) in [5, 5.41) is 7.53. The van der Waals surface area contributed by atoms with Crippen molar-refractivity contribution in [2.45, 2.75) is 66.6 Å². The average Bonchev–Trinajstić information content (AvgIpc) is 0.804. The summed E-state index contributed by atoms with van der Waals surface area (Å²) in [4.78, 5) is 143. The van der Waals surface area contributed by atoms with Crippen molar-refractivity contribution in [2.24, 2.45) is 9.98 Å². The van der Waals surface area contributed by atoms with E-state index in [2.05, 4.69) is 49.5 Å². The van der Waals surface area contributed by atoms with E-state index in [1.165, 1.54) is 14.2 Å². The molecule has 694 valence electrons. The van der Waals surface area contributed by atoms with Gasteiger partial charge in [0.2, 0.25) is 23.6 Å². The van der Waals surface area contributed by atoms with Gasteiger partial charge in [0.05, 0.1) is 136 Å². The summed E-state index contributed by atoms with van der Waals surface area (Å²) in [5.74, 6) is -1.58. The number of phosphoric ester groups is 2. The molecular weight excluding hydrogens is 1760 g/mol. The van der Waals surface area contributed by atoms with Crippen LogP contribution in [0.2, 0.25) is 0 Å². The number of Topliss-reactive ketones (excluding diaryl/α,β-unsaturated/α-hetero) is 1. The van der Waals surface area contributed by atoms with Gasteiger partial charge in [-0.25, -0.2) is 24.7 Å². The van der Waals surface area contributed by atoms with Crippen LogP contribution in [0.3, 0.4) is 0 Å². The van der Waals surface area contributed by atoms with E-state index in [1.807, 2.05) is 98.8 Å². The van der Waals surface area contributed by atoms with Gasteiger partial charge >= 0.3 is 101 Å². The Balaban J connectivity index is 0.000000450. The third-order valence-electron chi connectivity index (χ3n) is 16.7. The number of aliphatic imine (C=N–C) groups is 2. The summed E-state index contributed by atoms with van der Waals surface area (Å²) < 4.78 is 138. The number of amides is 3. The van der Waals surface area contributed by atoms with Crippen molar-refractivity contribution in [2.75, 3.05) is 199 Å². The van der Waals surface area contributed by atoms with Crippen molar-refractivity contribution >= 4 is 86.0 Å². The molecule has 2 aromatic heterocycles. The number of hydrogen-bond donors (Lipinski definition) is 3. The predicted octanol–water partition coefficient (Wildman–Crippen LogP) is -0.870. The molecule has 0 saturated heterocycles. The third-order valence-corrected chi connectivity index (χ3v) is 18.6. The SMILES string of the molecule is COc1nc(OCCOCCOCCNC(=O)COCCOC(=O)NCCOP(=O)([O-])OCC(COC(C)=O)OC(C)=O)ncc1-c1ccc(C2=Nc3cc(C)ccc3OC2)cc1.COc1nc(OCCOCCOCCNC(=O)COCCOCC(=O)CCCOP(=O)([O-])OCC(COC(C)=O)OC(C)=O)ncc1-c1ccc(C2=Nc3cc(C)ccc3OC2)cc1.[Na+].[Na+]. The molecule has 0 radical (unpaired) electrons. The molecule has 2 aliphatic rings. The van der Waals surface area contributed by atoms with Gasteiger partial charge in [-0.15, -0.1) is 0 Å².